The van der Waals surface area contributed by atoms with Crippen molar-refractivity contribution in [1.29, 1.82) is 0 Å². The van der Waals surface area contributed by atoms with E-state index >= 15 is 0 Å². The number of nitrogens with zero attached hydrogens (tertiary/aromatic N) is 2. The van der Waals surface area contributed by atoms with Crippen molar-refractivity contribution in [1.82, 2.24) is 10.3 Å². The predicted molar refractivity (Wildman–Crippen MR) is 90.8 cm³/mol. The first kappa shape index (κ1) is 15.1. The number of rotatable bonds is 7. The van der Waals surface area contributed by atoms with E-state index in [1.807, 2.05) is 11.8 Å². The summed E-state index contributed by atoms with van der Waals surface area (Å²) in [5, 5.41) is 5.85. The van der Waals surface area contributed by atoms with Crippen molar-refractivity contribution in [3.63, 3.8) is 0 Å². The van der Waals surface area contributed by atoms with Gasteiger partial charge >= 0.3 is 0 Å². The lowest BCUT2D eigenvalue weighted by molar-refractivity contribution is 0.710. The second-order valence-corrected chi connectivity index (χ2v) is 5.84. The Morgan fingerprint density at radius 3 is 2.85 bits per heavy atom. The minimum Gasteiger partial charge on any atom is -0.358 e. The van der Waals surface area contributed by atoms with Gasteiger partial charge < -0.3 is 10.2 Å². The first-order valence-electron chi connectivity index (χ1n) is 7.05. The van der Waals surface area contributed by atoms with Crippen LogP contribution < -0.4 is 10.2 Å². The van der Waals surface area contributed by atoms with E-state index in [0.29, 0.717) is 0 Å². The summed E-state index contributed by atoms with van der Waals surface area (Å²) < 4.78 is 0. The molecule has 0 aliphatic heterocycles. The van der Waals surface area contributed by atoms with Gasteiger partial charge in [0.1, 0.15) is 5.82 Å². The number of fused-ring (bicyclic) bond motifs is 1. The molecular formula is C16H23N3S. The fourth-order valence-electron chi connectivity index (χ4n) is 2.20. The third-order valence-corrected chi connectivity index (χ3v) is 3.91. The van der Waals surface area contributed by atoms with Crippen LogP contribution in [0.1, 0.15) is 12.6 Å². The molecule has 20 heavy (non-hydrogen) atoms. The minimum absolute atomic E-state index is 0.824. The molecule has 0 saturated heterocycles. The van der Waals surface area contributed by atoms with Crippen LogP contribution >= 0.6 is 11.8 Å². The van der Waals surface area contributed by atoms with Crippen molar-refractivity contribution in [3.05, 3.63) is 36.0 Å². The fraction of sp³-hybridized carbons (Fsp3) is 0.438. The molecule has 4 heteroatoms. The zero-order valence-electron chi connectivity index (χ0n) is 12.5. The fourth-order valence-corrected chi connectivity index (χ4v) is 2.66. The summed E-state index contributed by atoms with van der Waals surface area (Å²) in [5.41, 5.74) is 1.11. The summed E-state index contributed by atoms with van der Waals surface area (Å²) in [4.78, 5) is 7.10. The maximum absolute atomic E-state index is 4.85. The maximum Gasteiger partial charge on any atom is 0.136 e. The third-order valence-electron chi connectivity index (χ3n) is 3.32. The molecule has 2 rings (SSSR count). The topological polar surface area (TPSA) is 28.2 Å². The molecule has 0 atom stereocenters. The van der Waals surface area contributed by atoms with E-state index in [1.165, 1.54) is 10.8 Å². The van der Waals surface area contributed by atoms with Crippen LogP contribution in [0.25, 0.3) is 10.8 Å². The Morgan fingerprint density at radius 1 is 1.30 bits per heavy atom. The Morgan fingerprint density at radius 2 is 2.10 bits per heavy atom. The van der Waals surface area contributed by atoms with Gasteiger partial charge in [0, 0.05) is 31.3 Å². The molecule has 0 amide bonds. The van der Waals surface area contributed by atoms with Crippen LogP contribution in [0.15, 0.2) is 30.3 Å². The molecule has 0 unspecified atom stereocenters. The molecule has 1 N–H and O–H groups in total. The monoisotopic (exact) mass is 289 g/mol. The summed E-state index contributed by atoms with van der Waals surface area (Å²) in [7, 11) is 2.13. The number of anilines is 1. The lowest BCUT2D eigenvalue weighted by atomic mass is 10.1. The number of benzene rings is 1. The molecule has 3 nitrogen and oxygen atoms in total. The molecule has 0 aliphatic carbocycles. The van der Waals surface area contributed by atoms with E-state index in [1.54, 1.807) is 0 Å². The quantitative estimate of drug-likeness (QED) is 0.847. The Labute approximate surface area is 125 Å². The zero-order chi connectivity index (χ0) is 14.4. The van der Waals surface area contributed by atoms with E-state index < -0.39 is 0 Å². The van der Waals surface area contributed by atoms with Crippen molar-refractivity contribution < 1.29 is 0 Å². The summed E-state index contributed by atoms with van der Waals surface area (Å²) in [6.45, 7) is 4.92. The molecule has 0 fully saturated rings. The van der Waals surface area contributed by atoms with Crippen LogP contribution in [0.5, 0.6) is 0 Å². The lowest BCUT2D eigenvalue weighted by Crippen LogP contribution is -2.23. The van der Waals surface area contributed by atoms with Crippen LogP contribution in [0.4, 0.5) is 5.82 Å². The molecule has 1 aromatic heterocycles. The van der Waals surface area contributed by atoms with Gasteiger partial charge in [-0.05, 0) is 24.3 Å². The van der Waals surface area contributed by atoms with Crippen molar-refractivity contribution in [2.24, 2.45) is 0 Å². The second-order valence-electron chi connectivity index (χ2n) is 4.85. The lowest BCUT2D eigenvalue weighted by Gasteiger charge is -2.20. The summed E-state index contributed by atoms with van der Waals surface area (Å²) >= 11 is 1.87. The van der Waals surface area contributed by atoms with Crippen LogP contribution in [0.2, 0.25) is 0 Å². The molecule has 0 radical (unpaired) electrons. The van der Waals surface area contributed by atoms with Crippen LogP contribution in [-0.4, -0.2) is 37.1 Å². The van der Waals surface area contributed by atoms with Gasteiger partial charge in [0.2, 0.25) is 0 Å². The van der Waals surface area contributed by atoms with Gasteiger partial charge in [-0.2, -0.15) is 11.8 Å². The summed E-state index contributed by atoms with van der Waals surface area (Å²) in [5.74, 6) is 2.20. The Bertz CT molecular complexity index is 556. The number of hydrogen-bond acceptors (Lipinski definition) is 4. The Hall–Kier alpha value is -1.26. The SMILES string of the molecule is CCNCc1cc2ccccc2c(N(C)CCSC)n1. The highest BCUT2D eigenvalue weighted by molar-refractivity contribution is 7.98. The predicted octanol–water partition coefficient (Wildman–Crippen LogP) is 3.14. The molecule has 1 aromatic carbocycles. The first-order valence-corrected chi connectivity index (χ1v) is 8.45. The minimum atomic E-state index is 0.824. The maximum atomic E-state index is 4.85. The Kier molecular flexibility index (Phi) is 5.68. The van der Waals surface area contributed by atoms with Crippen molar-refractivity contribution in [3.8, 4) is 0 Å². The smallest absolute Gasteiger partial charge is 0.136 e. The standard InChI is InChI=1S/C16H23N3S/c1-4-17-12-14-11-13-7-5-6-8-15(13)16(18-14)19(2)9-10-20-3/h5-8,11,17H,4,9-10,12H2,1-3H3. The highest BCUT2D eigenvalue weighted by atomic mass is 32.2. The zero-order valence-corrected chi connectivity index (χ0v) is 13.3. The average Bonchev–Trinajstić information content (AvgIpc) is 2.49. The molecule has 0 saturated carbocycles. The highest BCUT2D eigenvalue weighted by Crippen LogP contribution is 2.25. The summed E-state index contributed by atoms with van der Waals surface area (Å²) in [6, 6.07) is 10.7. The van der Waals surface area contributed by atoms with E-state index in [4.69, 9.17) is 4.98 Å². The molecule has 2 aromatic rings. The number of pyridine rings is 1. The van der Waals surface area contributed by atoms with Crippen LogP contribution in [0, 0.1) is 0 Å². The molecule has 0 spiro atoms. The van der Waals surface area contributed by atoms with Gasteiger partial charge in [0.15, 0.2) is 0 Å². The van der Waals surface area contributed by atoms with Gasteiger partial charge in [-0.25, -0.2) is 4.98 Å². The normalized spacial score (nSPS) is 10.9. The first-order chi connectivity index (χ1) is 9.76. The van der Waals surface area contributed by atoms with Gasteiger partial charge in [0.25, 0.3) is 0 Å². The van der Waals surface area contributed by atoms with E-state index in [0.717, 1.165) is 36.9 Å². The molecule has 0 bridgehead atoms. The van der Waals surface area contributed by atoms with E-state index in [9.17, 15) is 0 Å². The molecule has 1 heterocycles. The van der Waals surface area contributed by atoms with Gasteiger partial charge in [-0.3, -0.25) is 0 Å². The number of aromatic nitrogens is 1. The van der Waals surface area contributed by atoms with Gasteiger partial charge in [-0.1, -0.05) is 31.2 Å². The number of nitrogens with one attached hydrogen (secondary N) is 1. The second kappa shape index (κ2) is 7.50. The highest BCUT2D eigenvalue weighted by Gasteiger charge is 2.09. The molecular weight excluding hydrogens is 266 g/mol. The largest absolute Gasteiger partial charge is 0.358 e. The molecule has 108 valence electrons. The van der Waals surface area contributed by atoms with Gasteiger partial charge in [-0.15, -0.1) is 0 Å². The van der Waals surface area contributed by atoms with E-state index in [2.05, 4.69) is 60.8 Å². The Balaban J connectivity index is 2.38. The number of hydrogen-bond donors (Lipinski definition) is 1. The van der Waals surface area contributed by atoms with Crippen LogP contribution in [-0.2, 0) is 6.54 Å². The van der Waals surface area contributed by atoms with Crippen molar-refractivity contribution in [2.45, 2.75) is 13.5 Å². The average molecular weight is 289 g/mol. The number of thioether (sulfide) groups is 1. The van der Waals surface area contributed by atoms with Crippen molar-refractivity contribution in [2.75, 3.05) is 37.0 Å². The molecule has 0 aliphatic rings. The summed E-state index contributed by atoms with van der Waals surface area (Å²) in [6.07, 6.45) is 2.14. The van der Waals surface area contributed by atoms with E-state index in [-0.39, 0.29) is 0 Å². The third kappa shape index (κ3) is 3.64. The van der Waals surface area contributed by atoms with Crippen molar-refractivity contribution >= 4 is 28.4 Å². The van der Waals surface area contributed by atoms with Gasteiger partial charge in [0.05, 0.1) is 5.69 Å². The van der Waals surface area contributed by atoms with Crippen LogP contribution in [0.3, 0.4) is 0 Å².